The van der Waals surface area contributed by atoms with Gasteiger partial charge in [-0.05, 0) is 19.1 Å². The van der Waals surface area contributed by atoms with Crippen LogP contribution < -0.4 is 0 Å². The van der Waals surface area contributed by atoms with Crippen LogP contribution in [0.1, 0.15) is 17.3 Å². The summed E-state index contributed by atoms with van der Waals surface area (Å²) in [6.45, 7) is 1.66. The molecule has 0 saturated heterocycles. The fourth-order valence-electron chi connectivity index (χ4n) is 1.77. The van der Waals surface area contributed by atoms with Crippen LogP contribution in [0.3, 0.4) is 0 Å². The van der Waals surface area contributed by atoms with Gasteiger partial charge in [0.15, 0.2) is 11.7 Å². The van der Waals surface area contributed by atoms with E-state index in [4.69, 9.17) is 0 Å². The number of ketones is 1. The fourth-order valence-corrected chi connectivity index (χ4v) is 1.77. The third-order valence-electron chi connectivity index (χ3n) is 2.58. The smallest absolute Gasteiger partial charge is 0.322 e. The summed E-state index contributed by atoms with van der Waals surface area (Å²) in [7, 11) is 1.27. The van der Waals surface area contributed by atoms with Crippen molar-refractivity contribution in [3.8, 4) is 0 Å². The van der Waals surface area contributed by atoms with Crippen molar-refractivity contribution >= 4 is 23.2 Å². The van der Waals surface area contributed by atoms with Gasteiger partial charge >= 0.3 is 5.97 Å². The predicted molar refractivity (Wildman–Crippen MR) is 59.0 cm³/mol. The number of esters is 1. The number of carbonyl (C=O) groups excluding carboxylic acids is 2. The van der Waals surface area contributed by atoms with Gasteiger partial charge < -0.3 is 4.74 Å². The summed E-state index contributed by atoms with van der Waals surface area (Å²) in [4.78, 5) is 27.8. The van der Waals surface area contributed by atoms with E-state index in [1.54, 1.807) is 31.2 Å². The van der Waals surface area contributed by atoms with Gasteiger partial charge in [0.25, 0.3) is 0 Å². The molecule has 1 heterocycles. The Hall–Kier alpha value is -1.97. The van der Waals surface area contributed by atoms with Gasteiger partial charge in [0, 0.05) is 11.3 Å². The van der Waals surface area contributed by atoms with Gasteiger partial charge in [0.2, 0.25) is 0 Å². The molecule has 16 heavy (non-hydrogen) atoms. The Bertz CT molecular complexity index is 491. The van der Waals surface area contributed by atoms with E-state index in [1.165, 1.54) is 7.11 Å². The Morgan fingerprint density at radius 3 is 2.75 bits per heavy atom. The summed E-state index contributed by atoms with van der Waals surface area (Å²) in [5, 5.41) is 0. The zero-order valence-corrected chi connectivity index (χ0v) is 9.06. The average Bonchev–Trinajstić information content (AvgIpc) is 2.28. The second-order valence-corrected chi connectivity index (χ2v) is 3.59. The lowest BCUT2D eigenvalue weighted by Gasteiger charge is -2.19. The number of fused-ring (bicyclic) bond motifs is 1. The molecule has 0 amide bonds. The molecule has 4 heteroatoms. The zero-order chi connectivity index (χ0) is 11.7. The minimum absolute atomic E-state index is 0.241. The van der Waals surface area contributed by atoms with Gasteiger partial charge in [-0.1, -0.05) is 12.1 Å². The summed E-state index contributed by atoms with van der Waals surface area (Å²) in [6.07, 6.45) is 0. The molecule has 1 aromatic carbocycles. The second kappa shape index (κ2) is 3.89. The molecule has 0 aliphatic carbocycles. The molecule has 1 aliphatic heterocycles. The van der Waals surface area contributed by atoms with Gasteiger partial charge in [0.05, 0.1) is 12.8 Å². The number of hydrogen-bond donors (Lipinski definition) is 0. The van der Waals surface area contributed by atoms with Crippen LogP contribution in [0.15, 0.2) is 29.3 Å². The number of aliphatic imine (C=N–C) groups is 1. The average molecular weight is 217 g/mol. The van der Waals surface area contributed by atoms with E-state index < -0.39 is 11.9 Å². The summed E-state index contributed by atoms with van der Waals surface area (Å²) >= 11 is 0. The van der Waals surface area contributed by atoms with Crippen molar-refractivity contribution < 1.29 is 14.3 Å². The lowest BCUT2D eigenvalue weighted by atomic mass is 9.90. The third-order valence-corrected chi connectivity index (χ3v) is 2.58. The Labute approximate surface area is 92.9 Å². The summed E-state index contributed by atoms with van der Waals surface area (Å²) in [5.41, 5.74) is 1.57. The first kappa shape index (κ1) is 10.5. The van der Waals surface area contributed by atoms with E-state index in [0.29, 0.717) is 17.0 Å². The molecule has 0 spiro atoms. The van der Waals surface area contributed by atoms with Crippen molar-refractivity contribution in [2.45, 2.75) is 6.92 Å². The number of rotatable bonds is 1. The fraction of sp³-hybridized carbons (Fsp3) is 0.250. The lowest BCUT2D eigenvalue weighted by molar-refractivity contribution is -0.141. The molecule has 1 aliphatic rings. The molecule has 1 unspecified atom stereocenters. The molecule has 0 saturated carbocycles. The van der Waals surface area contributed by atoms with Gasteiger partial charge in [0.1, 0.15) is 0 Å². The first-order valence-corrected chi connectivity index (χ1v) is 4.91. The van der Waals surface area contributed by atoms with Crippen LogP contribution in [-0.2, 0) is 9.53 Å². The van der Waals surface area contributed by atoms with E-state index in [-0.39, 0.29) is 5.78 Å². The van der Waals surface area contributed by atoms with E-state index in [9.17, 15) is 9.59 Å². The molecule has 0 aromatic heterocycles. The number of ether oxygens (including phenoxy) is 1. The van der Waals surface area contributed by atoms with Crippen LogP contribution in [0.25, 0.3) is 0 Å². The number of nitrogens with zero attached hydrogens (tertiary/aromatic N) is 1. The lowest BCUT2D eigenvalue weighted by Crippen LogP contribution is -2.33. The minimum atomic E-state index is -0.889. The van der Waals surface area contributed by atoms with Crippen LogP contribution in [-0.4, -0.2) is 24.6 Å². The number of methoxy groups -OCH3 is 1. The Morgan fingerprint density at radius 1 is 1.38 bits per heavy atom. The SMILES string of the molecule is COC(=O)C1C(=O)c2ccccc2N=C1C. The third kappa shape index (κ3) is 1.52. The maximum atomic E-state index is 12.0. The van der Waals surface area contributed by atoms with Crippen LogP contribution in [0.5, 0.6) is 0 Å². The van der Waals surface area contributed by atoms with E-state index in [0.717, 1.165) is 0 Å². The van der Waals surface area contributed by atoms with Crippen molar-refractivity contribution in [3.05, 3.63) is 29.8 Å². The van der Waals surface area contributed by atoms with Crippen molar-refractivity contribution in [2.75, 3.05) is 7.11 Å². The molecular formula is C12H11NO3. The highest BCUT2D eigenvalue weighted by atomic mass is 16.5. The molecule has 82 valence electrons. The van der Waals surface area contributed by atoms with Crippen LogP contribution in [0.4, 0.5) is 5.69 Å². The second-order valence-electron chi connectivity index (χ2n) is 3.59. The Balaban J connectivity index is 2.51. The van der Waals surface area contributed by atoms with Gasteiger partial charge in [-0.2, -0.15) is 0 Å². The number of carbonyl (C=O) groups is 2. The van der Waals surface area contributed by atoms with Crippen molar-refractivity contribution in [1.29, 1.82) is 0 Å². The Morgan fingerprint density at radius 2 is 2.06 bits per heavy atom. The van der Waals surface area contributed by atoms with Crippen molar-refractivity contribution in [1.82, 2.24) is 0 Å². The van der Waals surface area contributed by atoms with Gasteiger partial charge in [-0.25, -0.2) is 0 Å². The highest BCUT2D eigenvalue weighted by Crippen LogP contribution is 2.28. The number of benzene rings is 1. The summed E-state index contributed by atoms with van der Waals surface area (Å²) in [5.74, 6) is -1.68. The van der Waals surface area contributed by atoms with Crippen molar-refractivity contribution in [3.63, 3.8) is 0 Å². The maximum Gasteiger partial charge on any atom is 0.322 e. The van der Waals surface area contributed by atoms with Gasteiger partial charge in [-0.15, -0.1) is 0 Å². The number of Topliss-reactive ketones (excluding diaryl/α,β-unsaturated/α-hetero) is 1. The van der Waals surface area contributed by atoms with Crippen LogP contribution in [0.2, 0.25) is 0 Å². The molecule has 4 nitrogen and oxygen atoms in total. The highest BCUT2D eigenvalue weighted by Gasteiger charge is 2.35. The van der Waals surface area contributed by atoms with Crippen LogP contribution in [0, 0.1) is 5.92 Å². The monoisotopic (exact) mass is 217 g/mol. The highest BCUT2D eigenvalue weighted by molar-refractivity contribution is 6.27. The minimum Gasteiger partial charge on any atom is -0.468 e. The normalized spacial score (nSPS) is 18.8. The largest absolute Gasteiger partial charge is 0.468 e. The molecule has 1 aromatic rings. The molecule has 0 bridgehead atoms. The predicted octanol–water partition coefficient (Wildman–Crippen LogP) is 1.76. The number of para-hydroxylation sites is 1. The topological polar surface area (TPSA) is 55.7 Å². The first-order chi connectivity index (χ1) is 7.65. The molecule has 0 radical (unpaired) electrons. The Kier molecular flexibility index (Phi) is 2.56. The zero-order valence-electron chi connectivity index (χ0n) is 9.06. The quantitative estimate of drug-likeness (QED) is 0.532. The summed E-state index contributed by atoms with van der Waals surface area (Å²) < 4.78 is 4.60. The molecule has 2 rings (SSSR count). The molecule has 0 fully saturated rings. The van der Waals surface area contributed by atoms with E-state index >= 15 is 0 Å². The standard InChI is InChI=1S/C12H11NO3/c1-7-10(12(15)16-2)11(14)8-5-3-4-6-9(8)13-7/h3-6,10H,1-2H3. The molecule has 0 N–H and O–H groups in total. The van der Waals surface area contributed by atoms with E-state index in [2.05, 4.69) is 9.73 Å². The van der Waals surface area contributed by atoms with Crippen LogP contribution >= 0.6 is 0 Å². The van der Waals surface area contributed by atoms with E-state index in [1.807, 2.05) is 0 Å². The van der Waals surface area contributed by atoms with Gasteiger partial charge in [-0.3, -0.25) is 14.6 Å². The molecular weight excluding hydrogens is 206 g/mol. The van der Waals surface area contributed by atoms with Crippen molar-refractivity contribution in [2.24, 2.45) is 10.9 Å². The first-order valence-electron chi connectivity index (χ1n) is 4.91. The maximum absolute atomic E-state index is 12.0. The summed E-state index contributed by atoms with van der Waals surface area (Å²) in [6, 6.07) is 6.98. The number of hydrogen-bond acceptors (Lipinski definition) is 4. The molecule has 1 atom stereocenters.